The molecule has 0 atom stereocenters. The number of rotatable bonds is 5. The third-order valence-corrected chi connectivity index (χ3v) is 3.87. The highest BCUT2D eigenvalue weighted by molar-refractivity contribution is 6.03. The van der Waals surface area contributed by atoms with Crippen LogP contribution in [0.15, 0.2) is 84.5 Å². The summed E-state index contributed by atoms with van der Waals surface area (Å²) >= 11 is 0. The summed E-state index contributed by atoms with van der Waals surface area (Å²) in [7, 11) is 0. The van der Waals surface area contributed by atoms with E-state index in [4.69, 9.17) is 5.11 Å². The number of allylic oxidation sites excluding steroid dienone is 5. The molecule has 2 aromatic rings. The summed E-state index contributed by atoms with van der Waals surface area (Å²) in [4.78, 5) is 10.7. The van der Waals surface area contributed by atoms with Crippen LogP contribution in [0, 0.1) is 10.4 Å². The minimum absolute atomic E-state index is 0.00767. The van der Waals surface area contributed by atoms with Gasteiger partial charge >= 0.3 is 5.97 Å². The van der Waals surface area contributed by atoms with E-state index in [0.29, 0.717) is 11.4 Å². The first kappa shape index (κ1) is 17.8. The second kappa shape index (κ2) is 7.92. The van der Waals surface area contributed by atoms with Crippen LogP contribution in [0.4, 0.5) is 5.69 Å². The molecule has 1 aliphatic rings. The molecule has 0 amide bonds. The van der Waals surface area contributed by atoms with Crippen LogP contribution in [0.2, 0.25) is 0 Å². The summed E-state index contributed by atoms with van der Waals surface area (Å²) in [5.74, 6) is -1.01. The summed E-state index contributed by atoms with van der Waals surface area (Å²) < 4.78 is 0. The number of hydrazine groups is 1. The maximum atomic E-state index is 11.1. The highest BCUT2D eigenvalue weighted by atomic mass is 16.8. The fourth-order valence-electron chi connectivity index (χ4n) is 2.53. The lowest BCUT2D eigenvalue weighted by molar-refractivity contribution is -0.377. The number of hydrogen-bond acceptors (Lipinski definition) is 5. The van der Waals surface area contributed by atoms with Gasteiger partial charge in [-0.1, -0.05) is 36.4 Å². The lowest BCUT2D eigenvalue weighted by Gasteiger charge is -2.17. The first-order chi connectivity index (χ1) is 13.0. The van der Waals surface area contributed by atoms with Crippen LogP contribution in [0.5, 0.6) is 0 Å². The van der Waals surface area contributed by atoms with Gasteiger partial charge in [0.15, 0.2) is 0 Å². The Kier molecular flexibility index (Phi) is 5.22. The van der Waals surface area contributed by atoms with Crippen LogP contribution < -0.4 is 10.9 Å². The maximum Gasteiger partial charge on any atom is 0.335 e. The Bertz CT molecular complexity index is 954. The molecule has 7 nitrogen and oxygen atoms in total. The molecule has 0 radical (unpaired) electrons. The predicted octanol–water partition coefficient (Wildman–Crippen LogP) is 3.29. The van der Waals surface area contributed by atoms with Gasteiger partial charge in [-0.05, 0) is 35.9 Å². The van der Waals surface area contributed by atoms with E-state index in [1.807, 2.05) is 30.3 Å². The third-order valence-electron chi connectivity index (χ3n) is 3.87. The van der Waals surface area contributed by atoms with Crippen molar-refractivity contribution < 1.29 is 14.8 Å². The summed E-state index contributed by atoms with van der Waals surface area (Å²) in [6, 6.07) is 15.8. The van der Waals surface area contributed by atoms with Crippen LogP contribution in [-0.4, -0.2) is 21.7 Å². The third kappa shape index (κ3) is 4.35. The quantitative estimate of drug-likeness (QED) is 0.556. The van der Waals surface area contributed by atoms with Gasteiger partial charge < -0.3 is 20.9 Å². The van der Waals surface area contributed by atoms with Gasteiger partial charge in [0.05, 0.1) is 16.9 Å². The maximum absolute atomic E-state index is 11.1. The molecule has 0 saturated heterocycles. The van der Waals surface area contributed by atoms with Gasteiger partial charge in [-0.25, -0.2) is 4.79 Å². The van der Waals surface area contributed by atoms with Crippen molar-refractivity contribution in [3.8, 4) is 0 Å². The summed E-state index contributed by atoms with van der Waals surface area (Å²) in [6.45, 7) is 0. The zero-order valence-corrected chi connectivity index (χ0v) is 14.1. The minimum Gasteiger partial charge on any atom is -0.612 e. The Hall–Kier alpha value is -4.00. The molecule has 0 spiro atoms. The second-order valence-corrected chi connectivity index (χ2v) is 5.68. The zero-order chi connectivity index (χ0) is 19.2. The van der Waals surface area contributed by atoms with Gasteiger partial charge in [0, 0.05) is 17.7 Å². The summed E-state index contributed by atoms with van der Waals surface area (Å²) in [5.41, 5.74) is 9.14. The number of hydrogen-bond donors (Lipinski definition) is 3. The van der Waals surface area contributed by atoms with Gasteiger partial charge in [-0.3, -0.25) is 5.43 Å². The smallest absolute Gasteiger partial charge is 0.335 e. The Morgan fingerprint density at radius 2 is 1.56 bits per heavy atom. The molecule has 0 fully saturated rings. The monoisotopic (exact) mass is 362 g/mol. The van der Waals surface area contributed by atoms with Crippen LogP contribution in [-0.2, 0) is 0 Å². The molecular weight excluding hydrogens is 346 g/mol. The molecule has 27 heavy (non-hydrogen) atoms. The largest absolute Gasteiger partial charge is 0.612 e. The first-order valence-corrected chi connectivity index (χ1v) is 8.07. The normalized spacial score (nSPS) is 12.6. The van der Waals surface area contributed by atoms with Crippen LogP contribution in [0.1, 0.15) is 15.9 Å². The fraction of sp³-hybridized carbons (Fsp3) is 0. The molecule has 0 heterocycles. The van der Waals surface area contributed by atoms with Gasteiger partial charge in [0.1, 0.15) is 0 Å². The van der Waals surface area contributed by atoms with E-state index in [1.165, 1.54) is 24.3 Å². The van der Waals surface area contributed by atoms with Crippen molar-refractivity contribution in [2.75, 3.05) is 5.43 Å². The molecule has 0 unspecified atom stereocenters. The van der Waals surface area contributed by atoms with Crippen LogP contribution in [0.25, 0.3) is 5.70 Å². The SMILES string of the molecule is O=C(O)c1cccc(NNC(=C2C=CC(=[N+]([O-])[O-])C=C2)c2ccccc2)c1. The Labute approximate surface area is 155 Å². The Balaban J connectivity index is 1.91. The van der Waals surface area contributed by atoms with Crippen molar-refractivity contribution in [2.45, 2.75) is 0 Å². The van der Waals surface area contributed by atoms with Crippen LogP contribution >= 0.6 is 0 Å². The Morgan fingerprint density at radius 1 is 0.889 bits per heavy atom. The van der Waals surface area contributed by atoms with Gasteiger partial charge in [0.25, 0.3) is 0 Å². The fourth-order valence-corrected chi connectivity index (χ4v) is 2.53. The summed E-state index contributed by atoms with van der Waals surface area (Å²) in [6.07, 6.45) is 6.18. The van der Waals surface area contributed by atoms with E-state index in [-0.39, 0.29) is 11.3 Å². The number of carbonyl (C=O) groups is 1. The average Bonchev–Trinajstić information content (AvgIpc) is 2.69. The molecule has 0 saturated carbocycles. The van der Waals surface area contributed by atoms with E-state index in [1.54, 1.807) is 24.3 Å². The lowest BCUT2D eigenvalue weighted by atomic mass is 10.0. The predicted molar refractivity (Wildman–Crippen MR) is 104 cm³/mol. The zero-order valence-electron chi connectivity index (χ0n) is 14.1. The number of benzene rings is 2. The van der Waals surface area contributed by atoms with Gasteiger partial charge in [-0.2, -0.15) is 4.90 Å². The number of aromatic carboxylic acids is 1. The number of nitrogens with zero attached hydrogens (tertiary/aromatic N) is 1. The highest BCUT2D eigenvalue weighted by Gasteiger charge is 2.11. The molecular formula is C20H16N3O4-. The molecule has 136 valence electrons. The minimum atomic E-state index is -1.01. The van der Waals surface area contributed by atoms with E-state index < -0.39 is 10.9 Å². The van der Waals surface area contributed by atoms with Crippen LogP contribution in [0.3, 0.4) is 0 Å². The first-order valence-electron chi connectivity index (χ1n) is 8.07. The van der Waals surface area contributed by atoms with Crippen molar-refractivity contribution in [2.24, 2.45) is 0 Å². The van der Waals surface area contributed by atoms with E-state index in [0.717, 1.165) is 11.1 Å². The van der Waals surface area contributed by atoms with Gasteiger partial charge in [-0.15, -0.1) is 0 Å². The lowest BCUT2D eigenvalue weighted by Crippen LogP contribution is -2.22. The molecule has 0 aliphatic heterocycles. The molecule has 7 heteroatoms. The van der Waals surface area contributed by atoms with Crippen molar-refractivity contribution in [3.63, 3.8) is 0 Å². The molecule has 1 aliphatic carbocycles. The summed E-state index contributed by atoms with van der Waals surface area (Å²) in [5, 5.41) is 30.9. The molecule has 0 bridgehead atoms. The van der Waals surface area contributed by atoms with E-state index >= 15 is 0 Å². The molecule has 3 rings (SSSR count). The molecule has 0 aromatic heterocycles. The number of carboxylic acids is 1. The molecule has 2 aromatic carbocycles. The number of anilines is 1. The number of carboxylic acid groups (broad SMARTS) is 1. The number of nitrogens with one attached hydrogen (secondary N) is 2. The van der Waals surface area contributed by atoms with Crippen molar-refractivity contribution in [1.82, 2.24) is 5.43 Å². The topological polar surface area (TPSA) is 110 Å². The van der Waals surface area contributed by atoms with Gasteiger partial charge in [0.2, 0.25) is 5.71 Å². The standard InChI is InChI=1S/C20H16N3O4/c24-20(25)16-7-4-8-17(13-16)21-22-19(14-5-2-1-3-6-14)15-9-11-18(12-10-15)23(26)27/h1-13,21-22H,(H-,24,25,26,27)/q-1. The van der Waals surface area contributed by atoms with E-state index in [9.17, 15) is 15.2 Å². The van der Waals surface area contributed by atoms with Crippen molar-refractivity contribution >= 4 is 23.1 Å². The Morgan fingerprint density at radius 3 is 2.19 bits per heavy atom. The van der Waals surface area contributed by atoms with E-state index in [2.05, 4.69) is 10.9 Å². The average molecular weight is 362 g/mol. The second-order valence-electron chi connectivity index (χ2n) is 5.68. The van der Waals surface area contributed by atoms with Crippen molar-refractivity contribution in [1.29, 1.82) is 0 Å². The highest BCUT2D eigenvalue weighted by Crippen LogP contribution is 2.21. The molecule has 3 N–H and O–H groups in total. The van der Waals surface area contributed by atoms with Crippen molar-refractivity contribution in [3.05, 3.63) is 106 Å².